The van der Waals surface area contributed by atoms with Gasteiger partial charge in [0.25, 0.3) is 0 Å². The second kappa shape index (κ2) is 7.80. The maximum absolute atomic E-state index is 11.2. The summed E-state index contributed by atoms with van der Waals surface area (Å²) >= 11 is 0. The number of allylic oxidation sites excluding steroid dienone is 1. The van der Waals surface area contributed by atoms with Crippen molar-refractivity contribution in [2.24, 2.45) is 52.3 Å². The number of aliphatic hydroxyl groups excluding tert-OH is 3. The van der Waals surface area contributed by atoms with E-state index in [0.717, 1.165) is 12.8 Å². The maximum Gasteiger partial charge on any atom is 0.0904 e. The highest BCUT2D eigenvalue weighted by atomic mass is 16.6. The normalized spacial score (nSPS) is 54.9. The quantitative estimate of drug-likeness (QED) is 0.427. The van der Waals surface area contributed by atoms with Crippen molar-refractivity contribution in [1.29, 1.82) is 0 Å². The van der Waals surface area contributed by atoms with E-state index in [4.69, 9.17) is 4.74 Å². The highest BCUT2D eigenvalue weighted by Gasteiger charge is 2.75. The van der Waals surface area contributed by atoms with Crippen LogP contribution in [0.1, 0.15) is 79.6 Å². The Labute approximate surface area is 194 Å². The van der Waals surface area contributed by atoms with Crippen LogP contribution in [0.5, 0.6) is 0 Å². The van der Waals surface area contributed by atoms with Gasteiger partial charge >= 0.3 is 0 Å². The first-order valence-corrected chi connectivity index (χ1v) is 13.4. The van der Waals surface area contributed by atoms with E-state index in [9.17, 15) is 15.3 Å². The van der Waals surface area contributed by atoms with Crippen molar-refractivity contribution in [2.75, 3.05) is 0 Å². The number of ether oxygens (including phenoxy) is 1. The van der Waals surface area contributed by atoms with Gasteiger partial charge in [0.1, 0.15) is 0 Å². The van der Waals surface area contributed by atoms with Crippen LogP contribution in [-0.4, -0.2) is 45.8 Å². The van der Waals surface area contributed by atoms with Gasteiger partial charge in [-0.2, -0.15) is 0 Å². The molecule has 13 atom stereocenters. The first-order chi connectivity index (χ1) is 15.0. The van der Waals surface area contributed by atoms with Crippen LogP contribution in [0, 0.1) is 52.3 Å². The number of fused-ring (bicyclic) bond motifs is 8. The molecule has 4 saturated carbocycles. The summed E-state index contributed by atoms with van der Waals surface area (Å²) in [6, 6.07) is 0. The van der Waals surface area contributed by atoms with Crippen molar-refractivity contribution in [3.8, 4) is 0 Å². The van der Waals surface area contributed by atoms with E-state index >= 15 is 0 Å². The topological polar surface area (TPSA) is 73.2 Å². The molecule has 0 amide bonds. The molecule has 32 heavy (non-hydrogen) atoms. The molecule has 4 heteroatoms. The predicted octanol–water partition coefficient (Wildman–Crippen LogP) is 4.56. The van der Waals surface area contributed by atoms with Gasteiger partial charge < -0.3 is 20.1 Å². The first kappa shape index (κ1) is 23.3. The van der Waals surface area contributed by atoms with E-state index in [-0.39, 0.29) is 22.9 Å². The number of hydrogen-bond acceptors (Lipinski definition) is 4. The van der Waals surface area contributed by atoms with Crippen LogP contribution in [0.4, 0.5) is 0 Å². The second-order valence-electron chi connectivity index (χ2n) is 13.1. The number of aliphatic hydroxyl groups is 3. The molecule has 0 bridgehead atoms. The summed E-state index contributed by atoms with van der Waals surface area (Å²) in [6.07, 6.45) is 5.65. The summed E-state index contributed by atoms with van der Waals surface area (Å²) in [4.78, 5) is 0. The second-order valence-corrected chi connectivity index (χ2v) is 13.1. The summed E-state index contributed by atoms with van der Waals surface area (Å²) in [5, 5.41) is 32.8. The average Bonchev–Trinajstić information content (AvgIpc) is 3.44. The summed E-state index contributed by atoms with van der Waals surface area (Å²) in [7, 11) is 0. The summed E-state index contributed by atoms with van der Waals surface area (Å²) in [5.41, 5.74) is 1.18. The average molecular weight is 447 g/mol. The molecule has 5 rings (SSSR count). The molecule has 1 heterocycles. The standard InChI is InChI=1S/C28H46O4/c1-14(2)15(3)7-8-16(4)19-9-10-20-18-13-22(30)21-11-17(29)12-23(31)28(21,6)24(18)25-26(32-25)27(19,20)5/h14,16-26,29-31H,3,7-13H2,1-2,4-6H3. The highest BCUT2D eigenvalue weighted by Crippen LogP contribution is 2.73. The lowest BCUT2D eigenvalue weighted by molar-refractivity contribution is -0.208. The zero-order chi connectivity index (χ0) is 23.2. The molecular formula is C28H46O4. The number of hydrogen-bond donors (Lipinski definition) is 3. The first-order valence-electron chi connectivity index (χ1n) is 13.4. The largest absolute Gasteiger partial charge is 0.393 e. The molecule has 182 valence electrons. The Hall–Kier alpha value is -0.420. The molecular weight excluding hydrogens is 400 g/mol. The Morgan fingerprint density at radius 3 is 2.41 bits per heavy atom. The Balaban J connectivity index is 1.40. The SMILES string of the molecule is C=C(CCC(C)C1CCC2C3CC(O)C4CC(O)CC(O)C4(C)C3C3OC3C12C)C(C)C. The molecule has 4 nitrogen and oxygen atoms in total. The predicted molar refractivity (Wildman–Crippen MR) is 126 cm³/mol. The minimum absolute atomic E-state index is 0.0325. The molecule has 13 unspecified atom stereocenters. The Kier molecular flexibility index (Phi) is 5.68. The third-order valence-electron chi connectivity index (χ3n) is 11.5. The van der Waals surface area contributed by atoms with Crippen LogP contribution in [0.3, 0.4) is 0 Å². The molecule has 0 spiro atoms. The molecule has 0 aromatic heterocycles. The van der Waals surface area contributed by atoms with Crippen molar-refractivity contribution >= 4 is 0 Å². The van der Waals surface area contributed by atoms with Crippen LogP contribution < -0.4 is 0 Å². The van der Waals surface area contributed by atoms with Gasteiger partial charge in [-0.1, -0.05) is 46.8 Å². The fraction of sp³-hybridized carbons (Fsp3) is 0.929. The zero-order valence-corrected chi connectivity index (χ0v) is 20.8. The summed E-state index contributed by atoms with van der Waals surface area (Å²) in [6.45, 7) is 15.9. The lowest BCUT2D eigenvalue weighted by Gasteiger charge is -2.62. The van der Waals surface area contributed by atoms with Crippen LogP contribution in [0.15, 0.2) is 12.2 Å². The maximum atomic E-state index is 11.2. The molecule has 0 aromatic carbocycles. The molecule has 5 fully saturated rings. The van der Waals surface area contributed by atoms with Crippen LogP contribution in [0.25, 0.3) is 0 Å². The third kappa shape index (κ3) is 3.15. The Bertz CT molecular complexity index is 750. The fourth-order valence-corrected chi connectivity index (χ4v) is 9.56. The number of rotatable bonds is 5. The minimum atomic E-state index is -0.564. The molecule has 1 aliphatic heterocycles. The lowest BCUT2D eigenvalue weighted by atomic mass is 9.43. The van der Waals surface area contributed by atoms with Crippen molar-refractivity contribution in [3.05, 3.63) is 12.2 Å². The van der Waals surface area contributed by atoms with Crippen LogP contribution in [-0.2, 0) is 4.74 Å². The van der Waals surface area contributed by atoms with Gasteiger partial charge in [-0.15, -0.1) is 0 Å². The van der Waals surface area contributed by atoms with E-state index in [1.54, 1.807) is 0 Å². The van der Waals surface area contributed by atoms with E-state index < -0.39 is 18.3 Å². The van der Waals surface area contributed by atoms with Crippen LogP contribution in [0.2, 0.25) is 0 Å². The van der Waals surface area contributed by atoms with Gasteiger partial charge in [-0.3, -0.25) is 0 Å². The van der Waals surface area contributed by atoms with Crippen molar-refractivity contribution in [3.63, 3.8) is 0 Å². The molecule has 0 radical (unpaired) electrons. The monoisotopic (exact) mass is 446 g/mol. The lowest BCUT2D eigenvalue weighted by Crippen LogP contribution is -2.65. The van der Waals surface area contributed by atoms with Crippen molar-refractivity contribution in [2.45, 2.75) is 110 Å². The Morgan fingerprint density at radius 2 is 1.72 bits per heavy atom. The van der Waals surface area contributed by atoms with E-state index in [0.29, 0.717) is 54.5 Å². The van der Waals surface area contributed by atoms with E-state index in [2.05, 4.69) is 41.2 Å². The summed E-state index contributed by atoms with van der Waals surface area (Å²) < 4.78 is 6.56. The third-order valence-corrected chi connectivity index (χ3v) is 11.5. The minimum Gasteiger partial charge on any atom is -0.393 e. The molecule has 1 saturated heterocycles. The fourth-order valence-electron chi connectivity index (χ4n) is 9.56. The van der Waals surface area contributed by atoms with Gasteiger partial charge in [0.15, 0.2) is 0 Å². The van der Waals surface area contributed by atoms with E-state index in [1.807, 2.05) is 0 Å². The zero-order valence-electron chi connectivity index (χ0n) is 20.8. The van der Waals surface area contributed by atoms with Gasteiger partial charge in [-0.05, 0) is 86.4 Å². The van der Waals surface area contributed by atoms with Gasteiger partial charge in [-0.25, -0.2) is 0 Å². The summed E-state index contributed by atoms with van der Waals surface area (Å²) in [5.74, 6) is 3.10. The highest BCUT2D eigenvalue weighted by molar-refractivity contribution is 5.23. The number of epoxide rings is 1. The van der Waals surface area contributed by atoms with E-state index in [1.165, 1.54) is 24.8 Å². The smallest absolute Gasteiger partial charge is 0.0904 e. The molecule has 5 aliphatic rings. The van der Waals surface area contributed by atoms with Gasteiger partial charge in [0.05, 0.1) is 30.5 Å². The van der Waals surface area contributed by atoms with Crippen molar-refractivity contribution in [1.82, 2.24) is 0 Å². The van der Waals surface area contributed by atoms with Crippen LogP contribution >= 0.6 is 0 Å². The Morgan fingerprint density at radius 1 is 1.00 bits per heavy atom. The van der Waals surface area contributed by atoms with Gasteiger partial charge in [0, 0.05) is 10.8 Å². The molecule has 4 aliphatic carbocycles. The molecule has 0 aromatic rings. The molecule has 3 N–H and O–H groups in total. The van der Waals surface area contributed by atoms with Crippen molar-refractivity contribution < 1.29 is 20.1 Å². The van der Waals surface area contributed by atoms with Gasteiger partial charge in [0.2, 0.25) is 0 Å².